The number of nitrogens with one attached hydrogen (secondary N) is 5. The lowest BCUT2D eigenvalue weighted by molar-refractivity contribution is -0.122. The van der Waals surface area contributed by atoms with Crippen molar-refractivity contribution < 1.29 is 24.3 Å². The summed E-state index contributed by atoms with van der Waals surface area (Å²) in [6.45, 7) is 3.97. The van der Waals surface area contributed by atoms with Crippen LogP contribution in [-0.2, 0) is 35.8 Å². The number of hydrogen-bond donors (Lipinski definition) is 6. The van der Waals surface area contributed by atoms with Gasteiger partial charge in [0.2, 0.25) is 11.8 Å². The minimum atomic E-state index is -0.703. The number of pyridine rings is 4. The van der Waals surface area contributed by atoms with Gasteiger partial charge in [-0.25, -0.2) is 4.79 Å². The van der Waals surface area contributed by atoms with E-state index < -0.39 is 6.10 Å². The molecular formula is C46H61N11O5S. The molecule has 6 N–H and O–H groups in total. The standard InChI is InChI=1S/C46H61N11O5S/c58-39(31-56(27-35-12-5-9-20-47-35)28-36-13-6-10-21-48-36)32-57(29-37-14-7-11-22-49-37)30-38-19-18-34(26-53-38)45(61)52-25-24-51-43(60)16-2-1-8-23-50-42(59)17-4-3-15-41-44-40(33-63-41)54-46(62)55-44/h5-7,9-14,18-22,26,39-41,44,58H,1-4,8,15-17,23-25,27-33H2,(H,50,59)(H,51,60)(H,52,61)(H2,54,55,62)/t39?,40-,41?,44-/m0/s1. The van der Waals surface area contributed by atoms with E-state index in [9.17, 15) is 24.3 Å². The van der Waals surface area contributed by atoms with Crippen molar-refractivity contribution in [3.63, 3.8) is 0 Å². The van der Waals surface area contributed by atoms with Gasteiger partial charge in [-0.2, -0.15) is 11.8 Å². The Morgan fingerprint density at radius 1 is 0.667 bits per heavy atom. The van der Waals surface area contributed by atoms with Crippen LogP contribution in [0.15, 0.2) is 91.5 Å². The van der Waals surface area contributed by atoms with Crippen LogP contribution in [0.4, 0.5) is 4.79 Å². The number of fused-ring (bicyclic) bond motifs is 1. The maximum atomic E-state index is 12.9. The third-order valence-electron chi connectivity index (χ3n) is 11.0. The number of unbranched alkanes of at least 4 members (excludes halogenated alkanes) is 3. The monoisotopic (exact) mass is 879 g/mol. The van der Waals surface area contributed by atoms with Gasteiger partial charge in [-0.15, -0.1) is 0 Å². The SMILES string of the molecule is O=C(CCCCC1SC[C@@H]2NC(=O)N[C@H]12)NCCCCCC(=O)NCCNC(=O)c1ccc(CN(Cc2ccccn2)CC(O)CN(Cc2ccccn2)Cc2ccccn2)nc1. The van der Waals surface area contributed by atoms with Crippen LogP contribution in [0, 0.1) is 0 Å². The number of aliphatic hydroxyl groups is 1. The van der Waals surface area contributed by atoms with Gasteiger partial charge >= 0.3 is 6.03 Å². The Kier molecular flexibility index (Phi) is 19.1. The number of carbonyl (C=O) groups is 4. The molecule has 4 aromatic rings. The lowest BCUT2D eigenvalue weighted by Crippen LogP contribution is -2.40. The molecule has 2 aliphatic heterocycles. The van der Waals surface area contributed by atoms with Crippen LogP contribution in [0.1, 0.15) is 84.5 Å². The summed E-state index contributed by atoms with van der Waals surface area (Å²) in [5.41, 5.74) is 3.83. The summed E-state index contributed by atoms with van der Waals surface area (Å²) in [5.74, 6) is 0.639. The van der Waals surface area contributed by atoms with Crippen molar-refractivity contribution in [2.75, 3.05) is 38.5 Å². The van der Waals surface area contributed by atoms with E-state index in [-0.39, 0.29) is 42.4 Å². The number of thioether (sulfide) groups is 1. The Balaban J connectivity index is 0.848. The lowest BCUT2D eigenvalue weighted by Gasteiger charge is -2.29. The summed E-state index contributed by atoms with van der Waals surface area (Å²) >= 11 is 1.89. The molecule has 6 rings (SSSR count). The van der Waals surface area contributed by atoms with Crippen molar-refractivity contribution in [3.8, 4) is 0 Å². The summed E-state index contributed by atoms with van der Waals surface area (Å²) in [7, 11) is 0. The highest BCUT2D eigenvalue weighted by Crippen LogP contribution is 2.33. The zero-order valence-electron chi connectivity index (χ0n) is 35.9. The normalized spacial score (nSPS) is 17.2. The number of amides is 5. The minimum Gasteiger partial charge on any atom is -0.390 e. The van der Waals surface area contributed by atoms with Crippen LogP contribution in [-0.4, -0.2) is 121 Å². The number of carbonyl (C=O) groups excluding carboxylic acids is 4. The van der Waals surface area contributed by atoms with Crippen LogP contribution in [0.3, 0.4) is 0 Å². The van der Waals surface area contributed by atoms with E-state index >= 15 is 0 Å². The molecule has 0 radical (unpaired) electrons. The van der Waals surface area contributed by atoms with E-state index in [1.165, 1.54) is 0 Å². The molecule has 0 aliphatic carbocycles. The third kappa shape index (κ3) is 16.6. The van der Waals surface area contributed by atoms with Gasteiger partial charge in [0, 0.05) is 108 Å². The highest BCUT2D eigenvalue weighted by molar-refractivity contribution is 8.00. The smallest absolute Gasteiger partial charge is 0.315 e. The molecule has 2 unspecified atom stereocenters. The predicted molar refractivity (Wildman–Crippen MR) is 242 cm³/mol. The lowest BCUT2D eigenvalue weighted by atomic mass is 10.0. The molecule has 4 aromatic heterocycles. The van der Waals surface area contributed by atoms with Gasteiger partial charge in [-0.05, 0) is 74.2 Å². The molecule has 17 heteroatoms. The maximum Gasteiger partial charge on any atom is 0.315 e. The van der Waals surface area contributed by atoms with Gasteiger partial charge in [0.25, 0.3) is 5.91 Å². The molecule has 5 amide bonds. The zero-order valence-corrected chi connectivity index (χ0v) is 36.7. The molecule has 16 nitrogen and oxygen atoms in total. The van der Waals surface area contributed by atoms with Gasteiger partial charge in [-0.3, -0.25) is 44.1 Å². The van der Waals surface area contributed by atoms with E-state index in [1.54, 1.807) is 30.9 Å². The highest BCUT2D eigenvalue weighted by atomic mass is 32.2. The number of urea groups is 1. The highest BCUT2D eigenvalue weighted by Gasteiger charge is 2.42. The number of hydrogen-bond acceptors (Lipinski definition) is 12. The number of aliphatic hydroxyl groups excluding tert-OH is 1. The maximum absolute atomic E-state index is 12.9. The molecular weight excluding hydrogens is 819 g/mol. The first-order valence-electron chi connectivity index (χ1n) is 22.0. The fourth-order valence-electron chi connectivity index (χ4n) is 7.81. The minimum absolute atomic E-state index is 0.0538. The Bertz CT molecular complexity index is 1960. The molecule has 0 spiro atoms. The Morgan fingerprint density at radius 3 is 1.78 bits per heavy atom. The van der Waals surface area contributed by atoms with Gasteiger partial charge in [0.15, 0.2) is 0 Å². The number of nitrogens with zero attached hydrogens (tertiary/aromatic N) is 6. The largest absolute Gasteiger partial charge is 0.390 e. The molecule has 63 heavy (non-hydrogen) atoms. The van der Waals surface area contributed by atoms with Crippen LogP contribution >= 0.6 is 11.8 Å². The molecule has 6 heterocycles. The zero-order chi connectivity index (χ0) is 44.1. The molecule has 0 saturated carbocycles. The fourth-order valence-corrected chi connectivity index (χ4v) is 9.36. The van der Waals surface area contributed by atoms with Crippen LogP contribution in [0.25, 0.3) is 0 Å². The molecule has 4 atom stereocenters. The molecule has 2 aliphatic rings. The number of aromatic nitrogens is 4. The van der Waals surface area contributed by atoms with Crippen molar-refractivity contribution in [3.05, 3.63) is 120 Å². The molecule has 336 valence electrons. The van der Waals surface area contributed by atoms with E-state index in [1.807, 2.05) is 72.4 Å². The molecule has 2 fully saturated rings. The second-order valence-electron chi connectivity index (χ2n) is 16.1. The van der Waals surface area contributed by atoms with Crippen molar-refractivity contribution in [2.45, 2.75) is 101 Å². The van der Waals surface area contributed by atoms with Crippen LogP contribution < -0.4 is 26.6 Å². The molecule has 0 bridgehead atoms. The number of rotatable bonds is 27. The van der Waals surface area contributed by atoms with Crippen molar-refractivity contribution >= 4 is 35.5 Å². The summed E-state index contributed by atoms with van der Waals surface area (Å²) in [4.78, 5) is 71.4. The molecule has 2 saturated heterocycles. The topological polar surface area (TPSA) is 207 Å². The van der Waals surface area contributed by atoms with Gasteiger partial charge in [0.1, 0.15) is 0 Å². The first-order valence-corrected chi connectivity index (χ1v) is 23.1. The second kappa shape index (κ2) is 25.6. The molecule has 0 aromatic carbocycles. The predicted octanol–water partition coefficient (Wildman–Crippen LogP) is 3.58. The van der Waals surface area contributed by atoms with Gasteiger partial charge < -0.3 is 31.7 Å². The van der Waals surface area contributed by atoms with E-state index in [4.69, 9.17) is 0 Å². The third-order valence-corrected chi connectivity index (χ3v) is 12.5. The second-order valence-corrected chi connectivity index (χ2v) is 17.4. The van der Waals surface area contributed by atoms with Gasteiger partial charge in [0.05, 0.1) is 46.5 Å². The summed E-state index contributed by atoms with van der Waals surface area (Å²) < 4.78 is 0. The summed E-state index contributed by atoms with van der Waals surface area (Å²) in [5, 5.41) is 26.5. The first-order chi connectivity index (χ1) is 30.8. The van der Waals surface area contributed by atoms with Crippen molar-refractivity contribution in [1.29, 1.82) is 0 Å². The van der Waals surface area contributed by atoms with Crippen molar-refractivity contribution in [1.82, 2.24) is 56.3 Å². The average Bonchev–Trinajstić information content (AvgIpc) is 3.85. The first kappa shape index (κ1) is 47.0. The van der Waals surface area contributed by atoms with Crippen LogP contribution in [0.2, 0.25) is 0 Å². The Morgan fingerprint density at radius 2 is 1.22 bits per heavy atom. The fraction of sp³-hybridized carbons (Fsp3) is 0.478. The van der Waals surface area contributed by atoms with E-state index in [2.05, 4.69) is 56.3 Å². The van der Waals surface area contributed by atoms with Crippen LogP contribution in [0.5, 0.6) is 0 Å². The summed E-state index contributed by atoms with van der Waals surface area (Å²) in [6.07, 6.45) is 12.1. The quantitative estimate of drug-likeness (QED) is 0.0376. The van der Waals surface area contributed by atoms with Crippen molar-refractivity contribution in [2.24, 2.45) is 0 Å². The Labute approximate surface area is 374 Å². The van der Waals surface area contributed by atoms with E-state index in [0.29, 0.717) is 82.4 Å². The van der Waals surface area contributed by atoms with Gasteiger partial charge in [-0.1, -0.05) is 31.0 Å². The summed E-state index contributed by atoms with van der Waals surface area (Å²) in [6, 6.07) is 21.3. The average molecular weight is 880 g/mol. The Hall–Kier alpha value is -5.49. The van der Waals surface area contributed by atoms with E-state index in [0.717, 1.165) is 60.6 Å².